The molecule has 3 heterocycles. The lowest BCUT2D eigenvalue weighted by atomic mass is 10.0. The molecule has 4 rings (SSSR count). The third kappa shape index (κ3) is 2.28. The van der Waals surface area contributed by atoms with Gasteiger partial charge in [-0.25, -0.2) is 18.8 Å². The molecule has 2 unspecified atom stereocenters. The van der Waals surface area contributed by atoms with Crippen LogP contribution in [0.2, 0.25) is 0 Å². The zero-order valence-corrected chi connectivity index (χ0v) is 11.9. The largest absolute Gasteiger partial charge is 0.314 e. The number of hydrogen-bond donors (Lipinski definition) is 1. The highest BCUT2D eigenvalue weighted by Gasteiger charge is 2.44. The van der Waals surface area contributed by atoms with Gasteiger partial charge in [0, 0.05) is 37.3 Å². The summed E-state index contributed by atoms with van der Waals surface area (Å²) in [4.78, 5) is 0. The van der Waals surface area contributed by atoms with Crippen molar-refractivity contribution in [2.75, 3.05) is 13.1 Å². The lowest BCUT2D eigenvalue weighted by Gasteiger charge is -2.44. The normalized spacial score (nSPS) is 33.7. The lowest BCUT2D eigenvalue weighted by molar-refractivity contribution is -0.0724. The molecule has 0 aromatic heterocycles. The molecule has 0 aliphatic carbocycles. The fourth-order valence-electron chi connectivity index (χ4n) is 4.08. The van der Waals surface area contributed by atoms with E-state index in [4.69, 9.17) is 0 Å². The maximum atomic E-state index is 14.1. The molecule has 113 valence electrons. The molecule has 0 saturated carbocycles. The Morgan fingerprint density at radius 2 is 1.81 bits per heavy atom. The Labute approximate surface area is 123 Å². The minimum atomic E-state index is -0.360. The average molecular weight is 292 g/mol. The summed E-state index contributed by atoms with van der Waals surface area (Å²) in [5, 5.41) is 8.07. The molecule has 2 bridgehead atoms. The summed E-state index contributed by atoms with van der Waals surface area (Å²) < 4.78 is 27.7. The van der Waals surface area contributed by atoms with Gasteiger partial charge in [0.25, 0.3) is 0 Å². The van der Waals surface area contributed by atoms with E-state index < -0.39 is 0 Å². The molecule has 3 aliphatic rings. The Morgan fingerprint density at radius 1 is 1.05 bits per heavy atom. The molecule has 1 radical (unpaired) electrons. The number of hydrogen-bond acceptors (Lipinski definition) is 3. The summed E-state index contributed by atoms with van der Waals surface area (Å²) in [6, 6.07) is 4.69. The Hall–Kier alpha value is -1.04. The molecule has 3 atom stereocenters. The van der Waals surface area contributed by atoms with Crippen LogP contribution in [0.3, 0.4) is 0 Å². The van der Waals surface area contributed by atoms with E-state index in [-0.39, 0.29) is 17.7 Å². The Kier molecular flexibility index (Phi) is 3.44. The van der Waals surface area contributed by atoms with Gasteiger partial charge in [0.05, 0.1) is 6.04 Å². The predicted molar refractivity (Wildman–Crippen MR) is 76.0 cm³/mol. The number of rotatable bonds is 2. The predicted octanol–water partition coefficient (Wildman–Crippen LogP) is 2.61. The molecular weight excluding hydrogens is 272 g/mol. The van der Waals surface area contributed by atoms with Gasteiger partial charge >= 0.3 is 0 Å². The van der Waals surface area contributed by atoms with E-state index in [0.717, 1.165) is 25.9 Å². The van der Waals surface area contributed by atoms with Gasteiger partial charge in [0.1, 0.15) is 11.6 Å². The van der Waals surface area contributed by atoms with Crippen LogP contribution in [0.25, 0.3) is 0 Å². The average Bonchev–Trinajstić information content (AvgIpc) is 3.03. The van der Waals surface area contributed by atoms with Crippen LogP contribution in [0.4, 0.5) is 8.78 Å². The first kappa shape index (κ1) is 13.6. The van der Waals surface area contributed by atoms with Crippen molar-refractivity contribution in [2.24, 2.45) is 0 Å². The van der Waals surface area contributed by atoms with Crippen molar-refractivity contribution in [3.05, 3.63) is 41.9 Å². The van der Waals surface area contributed by atoms with E-state index in [9.17, 15) is 8.78 Å². The number of benzene rings is 1. The van der Waals surface area contributed by atoms with Gasteiger partial charge < -0.3 is 5.32 Å². The summed E-state index contributed by atoms with van der Waals surface area (Å²) in [6.45, 7) is 4.13. The van der Waals surface area contributed by atoms with Crippen LogP contribution < -0.4 is 5.32 Å². The van der Waals surface area contributed by atoms with Crippen molar-refractivity contribution >= 4 is 0 Å². The standard InChI is InChI=1S/C16H20F2N3/c17-11-3-6-15(18)14(8-11)16-2-1-7-20(16)21-12-4-5-13(21)10-19-9-12/h3,6-8,12-13,16,19H,1-2,4-5,9-10H2/t12?,13?,16-/m1/s1. The van der Waals surface area contributed by atoms with E-state index in [2.05, 4.69) is 21.9 Å². The summed E-state index contributed by atoms with van der Waals surface area (Å²) in [5.41, 5.74) is 0.488. The van der Waals surface area contributed by atoms with Crippen molar-refractivity contribution in [1.29, 1.82) is 0 Å². The van der Waals surface area contributed by atoms with Crippen LogP contribution in [-0.4, -0.2) is 35.2 Å². The van der Waals surface area contributed by atoms with Gasteiger partial charge in [-0.3, -0.25) is 0 Å². The first-order chi connectivity index (χ1) is 10.2. The number of fused-ring (bicyclic) bond motifs is 2. The third-order valence-corrected chi connectivity index (χ3v) is 5.00. The van der Waals surface area contributed by atoms with E-state index in [1.54, 1.807) is 0 Å². The number of piperazine rings is 1. The van der Waals surface area contributed by atoms with E-state index in [1.807, 2.05) is 0 Å². The molecule has 0 amide bonds. The second kappa shape index (κ2) is 5.30. The molecular formula is C16H20F2N3. The second-order valence-corrected chi connectivity index (χ2v) is 6.24. The Balaban J connectivity index is 1.65. The minimum absolute atomic E-state index is 0.0677. The molecule has 21 heavy (non-hydrogen) atoms. The quantitative estimate of drug-likeness (QED) is 0.904. The van der Waals surface area contributed by atoms with Crippen LogP contribution in [0, 0.1) is 18.2 Å². The van der Waals surface area contributed by atoms with Crippen LogP contribution in [-0.2, 0) is 0 Å². The lowest BCUT2D eigenvalue weighted by Crippen LogP contribution is -2.57. The van der Waals surface area contributed by atoms with Crippen molar-refractivity contribution in [3.63, 3.8) is 0 Å². The van der Waals surface area contributed by atoms with Crippen molar-refractivity contribution < 1.29 is 8.78 Å². The molecule has 0 spiro atoms. The van der Waals surface area contributed by atoms with Gasteiger partial charge in [0.2, 0.25) is 0 Å². The topological polar surface area (TPSA) is 18.5 Å². The van der Waals surface area contributed by atoms with Gasteiger partial charge in [-0.15, -0.1) is 0 Å². The molecule has 5 heteroatoms. The summed E-state index contributed by atoms with van der Waals surface area (Å²) in [6.07, 6.45) is 4.13. The molecule has 3 aliphatic heterocycles. The zero-order valence-electron chi connectivity index (χ0n) is 11.9. The van der Waals surface area contributed by atoms with E-state index in [1.165, 1.54) is 31.0 Å². The molecule has 1 aromatic rings. The summed E-state index contributed by atoms with van der Waals surface area (Å²) in [7, 11) is 0. The van der Waals surface area contributed by atoms with Crippen molar-refractivity contribution in [3.8, 4) is 0 Å². The van der Waals surface area contributed by atoms with Crippen LogP contribution in [0.1, 0.15) is 37.3 Å². The minimum Gasteiger partial charge on any atom is -0.314 e. The second-order valence-electron chi connectivity index (χ2n) is 6.24. The third-order valence-electron chi connectivity index (χ3n) is 5.00. The molecule has 3 nitrogen and oxygen atoms in total. The number of nitrogens with zero attached hydrogens (tertiary/aromatic N) is 2. The highest BCUT2D eigenvalue weighted by atomic mass is 19.1. The maximum absolute atomic E-state index is 14.1. The molecule has 3 saturated heterocycles. The summed E-state index contributed by atoms with van der Waals surface area (Å²) >= 11 is 0. The van der Waals surface area contributed by atoms with Crippen LogP contribution in [0.5, 0.6) is 0 Å². The molecule has 3 fully saturated rings. The first-order valence-corrected chi connectivity index (χ1v) is 7.79. The van der Waals surface area contributed by atoms with E-state index in [0.29, 0.717) is 17.6 Å². The highest BCUT2D eigenvalue weighted by Crippen LogP contribution is 2.41. The van der Waals surface area contributed by atoms with Gasteiger partial charge in [-0.1, -0.05) is 0 Å². The molecule has 1 aromatic carbocycles. The number of nitrogens with one attached hydrogen (secondary N) is 1. The van der Waals surface area contributed by atoms with Gasteiger partial charge in [-0.2, -0.15) is 0 Å². The van der Waals surface area contributed by atoms with Crippen molar-refractivity contribution in [2.45, 2.75) is 43.8 Å². The van der Waals surface area contributed by atoms with Crippen LogP contribution >= 0.6 is 0 Å². The maximum Gasteiger partial charge on any atom is 0.128 e. The zero-order chi connectivity index (χ0) is 14.4. The van der Waals surface area contributed by atoms with Crippen molar-refractivity contribution in [1.82, 2.24) is 15.3 Å². The fourth-order valence-corrected chi connectivity index (χ4v) is 4.08. The molecule has 1 N–H and O–H groups in total. The van der Waals surface area contributed by atoms with Gasteiger partial charge in [0.15, 0.2) is 0 Å². The Bertz CT molecular complexity index is 520. The van der Waals surface area contributed by atoms with Crippen LogP contribution in [0.15, 0.2) is 18.2 Å². The van der Waals surface area contributed by atoms with E-state index >= 15 is 0 Å². The number of halogens is 2. The summed E-state index contributed by atoms with van der Waals surface area (Å²) in [5.74, 6) is -0.661. The monoisotopic (exact) mass is 292 g/mol. The SMILES string of the molecule is Fc1ccc(F)c([C@H]2CC[CH]N2N2C3CCC2CNC3)c1. The number of hydrazine groups is 1. The van der Waals surface area contributed by atoms with Gasteiger partial charge in [-0.05, 0) is 43.9 Å². The first-order valence-electron chi connectivity index (χ1n) is 7.79. The Morgan fingerprint density at radius 3 is 2.57 bits per heavy atom. The fraction of sp³-hybridized carbons (Fsp3) is 0.562. The highest BCUT2D eigenvalue weighted by molar-refractivity contribution is 5.24. The smallest absolute Gasteiger partial charge is 0.128 e.